The van der Waals surface area contributed by atoms with E-state index in [1.165, 1.54) is 0 Å². The van der Waals surface area contributed by atoms with Crippen molar-refractivity contribution in [2.45, 2.75) is 55.4 Å². The van der Waals surface area contributed by atoms with Crippen LogP contribution >= 0.6 is 0 Å². The molecular weight excluding hydrogens is 600 g/mol. The van der Waals surface area contributed by atoms with Gasteiger partial charge in [0.2, 0.25) is 0 Å². The minimum Gasteiger partial charge on any atom is -0.358 e. The number of carbonyl (C=O) groups is 3. The number of rotatable bonds is 11. The summed E-state index contributed by atoms with van der Waals surface area (Å²) in [5.41, 5.74) is 7.48. The Balaban J connectivity index is 0.00000151. The Hall–Kier alpha value is -5.15. The zero-order chi connectivity index (χ0) is 35.2. The number of hydrogen-bond donors (Lipinski definition) is 5. The minimum atomic E-state index is -0.227. The molecule has 1 aromatic heterocycles. The molecule has 3 amide bonds. The van der Waals surface area contributed by atoms with Gasteiger partial charge in [0.05, 0.1) is 22.5 Å². The number of nitrogens with one attached hydrogen (secondary N) is 5. The van der Waals surface area contributed by atoms with Crippen LogP contribution < -0.4 is 21.3 Å². The molecule has 0 radical (unpaired) electrons. The van der Waals surface area contributed by atoms with Gasteiger partial charge in [-0.1, -0.05) is 77.9 Å². The van der Waals surface area contributed by atoms with Gasteiger partial charge >= 0.3 is 0 Å². The van der Waals surface area contributed by atoms with Crippen LogP contribution in [0.15, 0.2) is 72.8 Å². The van der Waals surface area contributed by atoms with E-state index in [0.29, 0.717) is 34.6 Å². The third-order valence-electron chi connectivity index (χ3n) is 7.87. The van der Waals surface area contributed by atoms with E-state index in [4.69, 9.17) is 0 Å². The predicted molar refractivity (Wildman–Crippen MR) is 200 cm³/mol. The molecule has 0 spiro atoms. The summed E-state index contributed by atoms with van der Waals surface area (Å²) in [5.74, 6) is -0.548. The molecule has 9 heteroatoms. The molecule has 3 aromatic carbocycles. The van der Waals surface area contributed by atoms with Crippen LogP contribution in [0, 0.1) is 13.8 Å². The van der Waals surface area contributed by atoms with Crippen molar-refractivity contribution in [3.63, 3.8) is 0 Å². The van der Waals surface area contributed by atoms with E-state index in [1.807, 2.05) is 102 Å². The SMILES string of the molecule is CC.CC.CCN(CC)CCNC(=O)c1c(C)[nH]c(/C=C2\C(=O)Nc3c(Nc4cccc(NC(=O)c5ccccc5)c4)cccc32)c1C. The summed E-state index contributed by atoms with van der Waals surface area (Å²) in [5, 5.41) is 12.3. The molecule has 0 saturated heterocycles. The number of nitrogens with zero attached hydrogens (tertiary/aromatic N) is 1. The lowest BCUT2D eigenvalue weighted by molar-refractivity contribution is -0.110. The van der Waals surface area contributed by atoms with E-state index in [-0.39, 0.29) is 17.7 Å². The lowest BCUT2D eigenvalue weighted by Gasteiger charge is -2.18. The molecule has 0 aliphatic carbocycles. The highest BCUT2D eigenvalue weighted by Crippen LogP contribution is 2.40. The second-order valence-electron chi connectivity index (χ2n) is 10.7. The summed E-state index contributed by atoms with van der Waals surface area (Å²) in [7, 11) is 0. The molecule has 48 heavy (non-hydrogen) atoms. The van der Waals surface area contributed by atoms with Gasteiger partial charge in [-0.3, -0.25) is 14.4 Å². The summed E-state index contributed by atoms with van der Waals surface area (Å²) in [6, 6.07) is 22.1. The van der Waals surface area contributed by atoms with Gasteiger partial charge in [-0.05, 0) is 75.0 Å². The van der Waals surface area contributed by atoms with E-state index in [0.717, 1.165) is 53.5 Å². The number of carbonyl (C=O) groups excluding carboxylic acids is 3. The summed E-state index contributed by atoms with van der Waals surface area (Å²) >= 11 is 0. The second kappa shape index (κ2) is 18.3. The second-order valence-corrected chi connectivity index (χ2v) is 10.7. The fraction of sp³-hybridized carbons (Fsp3) is 0.308. The maximum absolute atomic E-state index is 13.2. The van der Waals surface area contributed by atoms with Gasteiger partial charge < -0.3 is 31.2 Å². The number of para-hydroxylation sites is 1. The Kier molecular flexibility index (Phi) is 14.2. The van der Waals surface area contributed by atoms with Crippen molar-refractivity contribution in [3.05, 3.63) is 106 Å². The standard InChI is InChI=1S/C35H38N6O3.2C2H6/c1-5-41(6-2)19-18-36-35(44)31-22(3)30(37-23(31)4)21-28-27-16-11-17-29(32(27)40-34(28)43)38-25-14-10-15-26(20-25)39-33(42)24-12-8-7-9-13-24;2*1-2/h7-17,20-21,37-38H,5-6,18-19H2,1-4H3,(H,36,44)(H,39,42)(H,40,43);2*1-2H3/b28-21-;;. The van der Waals surface area contributed by atoms with Gasteiger partial charge in [-0.25, -0.2) is 0 Å². The summed E-state index contributed by atoms with van der Waals surface area (Å²) in [4.78, 5) is 44.4. The van der Waals surface area contributed by atoms with Crippen LogP contribution in [0.1, 0.15) is 84.8 Å². The molecule has 4 aromatic rings. The van der Waals surface area contributed by atoms with E-state index < -0.39 is 0 Å². The third-order valence-corrected chi connectivity index (χ3v) is 7.87. The first-order valence-corrected chi connectivity index (χ1v) is 16.9. The average Bonchev–Trinajstić information content (AvgIpc) is 3.59. The van der Waals surface area contributed by atoms with Crippen LogP contribution in [0.3, 0.4) is 0 Å². The van der Waals surface area contributed by atoms with Crippen LogP contribution in [0.25, 0.3) is 11.6 Å². The largest absolute Gasteiger partial charge is 0.358 e. The van der Waals surface area contributed by atoms with Gasteiger partial charge in [0, 0.05) is 47.0 Å². The summed E-state index contributed by atoms with van der Waals surface area (Å²) in [6.07, 6.45) is 1.81. The third kappa shape index (κ3) is 9.01. The molecular formula is C39H50N6O3. The van der Waals surface area contributed by atoms with E-state index >= 15 is 0 Å². The van der Waals surface area contributed by atoms with E-state index in [1.54, 1.807) is 18.2 Å². The van der Waals surface area contributed by atoms with Crippen molar-refractivity contribution in [2.24, 2.45) is 0 Å². The monoisotopic (exact) mass is 650 g/mol. The Bertz CT molecular complexity index is 1720. The lowest BCUT2D eigenvalue weighted by Crippen LogP contribution is -2.35. The van der Waals surface area contributed by atoms with Crippen LogP contribution in [-0.2, 0) is 4.79 Å². The first-order chi connectivity index (χ1) is 23.3. The minimum absolute atomic E-state index is 0.127. The molecule has 1 aliphatic heterocycles. The number of likely N-dealkylation sites (N-methyl/N-ethyl adjacent to an activating group) is 1. The number of H-pyrrole nitrogens is 1. The van der Waals surface area contributed by atoms with Crippen molar-refractivity contribution in [2.75, 3.05) is 42.1 Å². The average molecular weight is 651 g/mol. The van der Waals surface area contributed by atoms with Crippen molar-refractivity contribution in [1.82, 2.24) is 15.2 Å². The molecule has 0 unspecified atom stereocenters. The molecule has 5 N–H and O–H groups in total. The van der Waals surface area contributed by atoms with Crippen LogP contribution in [0.5, 0.6) is 0 Å². The van der Waals surface area contributed by atoms with Gasteiger partial charge in [0.15, 0.2) is 0 Å². The maximum atomic E-state index is 13.2. The molecule has 254 valence electrons. The predicted octanol–water partition coefficient (Wildman–Crippen LogP) is 8.24. The van der Waals surface area contributed by atoms with Crippen LogP contribution in [0.4, 0.5) is 22.7 Å². The van der Waals surface area contributed by atoms with Gasteiger partial charge in [0.25, 0.3) is 17.7 Å². The molecule has 1 aliphatic rings. The van der Waals surface area contributed by atoms with Gasteiger partial charge in [-0.15, -0.1) is 0 Å². The number of anilines is 4. The molecule has 2 heterocycles. The molecule has 0 atom stereocenters. The van der Waals surface area contributed by atoms with E-state index in [2.05, 4.69) is 45.0 Å². The van der Waals surface area contributed by atoms with Crippen molar-refractivity contribution < 1.29 is 14.4 Å². The highest BCUT2D eigenvalue weighted by atomic mass is 16.2. The Morgan fingerprint density at radius 3 is 2.19 bits per heavy atom. The van der Waals surface area contributed by atoms with E-state index in [9.17, 15) is 14.4 Å². The van der Waals surface area contributed by atoms with Crippen molar-refractivity contribution >= 4 is 52.1 Å². The zero-order valence-corrected chi connectivity index (χ0v) is 29.5. The molecule has 0 saturated carbocycles. The fourth-order valence-corrected chi connectivity index (χ4v) is 5.44. The van der Waals surface area contributed by atoms with Crippen molar-refractivity contribution in [1.29, 1.82) is 0 Å². The fourth-order valence-electron chi connectivity index (χ4n) is 5.44. The summed E-state index contributed by atoms with van der Waals surface area (Å²) in [6.45, 7) is 19.2. The first kappa shape index (κ1) is 37.3. The number of benzene rings is 3. The lowest BCUT2D eigenvalue weighted by atomic mass is 10.0. The zero-order valence-electron chi connectivity index (χ0n) is 29.5. The Labute approximate surface area is 285 Å². The highest BCUT2D eigenvalue weighted by Gasteiger charge is 2.28. The highest BCUT2D eigenvalue weighted by molar-refractivity contribution is 6.36. The summed E-state index contributed by atoms with van der Waals surface area (Å²) < 4.78 is 0. The maximum Gasteiger partial charge on any atom is 0.256 e. The van der Waals surface area contributed by atoms with Gasteiger partial charge in [-0.2, -0.15) is 0 Å². The molecule has 9 nitrogen and oxygen atoms in total. The first-order valence-electron chi connectivity index (χ1n) is 16.9. The Morgan fingerprint density at radius 1 is 0.833 bits per heavy atom. The smallest absolute Gasteiger partial charge is 0.256 e. The number of aromatic amines is 1. The molecule has 0 fully saturated rings. The van der Waals surface area contributed by atoms with Gasteiger partial charge in [0.1, 0.15) is 0 Å². The number of amides is 3. The van der Waals surface area contributed by atoms with Crippen LogP contribution in [0.2, 0.25) is 0 Å². The Morgan fingerprint density at radius 2 is 1.50 bits per heavy atom. The number of fused-ring (bicyclic) bond motifs is 1. The quantitative estimate of drug-likeness (QED) is 0.105. The van der Waals surface area contributed by atoms with Crippen molar-refractivity contribution in [3.8, 4) is 0 Å². The normalized spacial score (nSPS) is 12.3. The molecule has 5 rings (SSSR count). The van der Waals surface area contributed by atoms with Crippen LogP contribution in [-0.4, -0.2) is 53.8 Å². The number of aromatic nitrogens is 1. The topological polar surface area (TPSA) is 118 Å². The molecule has 0 bridgehead atoms. The number of aryl methyl sites for hydroxylation is 1. The number of hydrogen-bond acceptors (Lipinski definition) is 5.